The maximum atomic E-state index is 13.2. The van der Waals surface area contributed by atoms with Crippen LogP contribution in [0, 0.1) is 5.82 Å². The van der Waals surface area contributed by atoms with Crippen molar-refractivity contribution in [1.29, 1.82) is 0 Å². The molecule has 1 atom stereocenters. The summed E-state index contributed by atoms with van der Waals surface area (Å²) in [6.45, 7) is 5.81. The van der Waals surface area contributed by atoms with Gasteiger partial charge in [0, 0.05) is 19.2 Å². The van der Waals surface area contributed by atoms with Crippen molar-refractivity contribution in [3.05, 3.63) is 60.0 Å². The van der Waals surface area contributed by atoms with E-state index in [-0.39, 0.29) is 23.5 Å². The van der Waals surface area contributed by atoms with Gasteiger partial charge in [-0.3, -0.25) is 4.79 Å². The molecule has 2 aromatic carbocycles. The lowest BCUT2D eigenvalue weighted by atomic mass is 10.1. The van der Waals surface area contributed by atoms with Crippen molar-refractivity contribution >= 4 is 17.7 Å². The predicted molar refractivity (Wildman–Crippen MR) is 123 cm³/mol. The Balaban J connectivity index is 1.45. The van der Waals surface area contributed by atoms with Crippen LogP contribution in [0.2, 0.25) is 0 Å². The average molecular weight is 456 g/mol. The summed E-state index contributed by atoms with van der Waals surface area (Å²) in [5.41, 5.74) is 2.85. The van der Waals surface area contributed by atoms with Crippen molar-refractivity contribution in [2.24, 2.45) is 0 Å². The number of ether oxygens (including phenoxy) is 2. The normalized spacial score (nSPS) is 13.6. The van der Waals surface area contributed by atoms with E-state index in [2.05, 4.69) is 16.5 Å². The zero-order valence-corrected chi connectivity index (χ0v) is 19.2. The Labute approximate surface area is 191 Å². The first kappa shape index (κ1) is 22.2. The van der Waals surface area contributed by atoms with E-state index in [1.54, 1.807) is 24.1 Å². The van der Waals surface area contributed by atoms with Gasteiger partial charge in [-0.25, -0.2) is 9.37 Å². The van der Waals surface area contributed by atoms with Crippen LogP contribution in [0.3, 0.4) is 0 Å². The molecule has 3 aromatic rings. The van der Waals surface area contributed by atoms with Crippen molar-refractivity contribution in [3.8, 4) is 22.8 Å². The molecule has 6 nitrogen and oxygen atoms in total. The van der Waals surface area contributed by atoms with Gasteiger partial charge in [0.05, 0.1) is 23.7 Å². The number of amides is 1. The quantitative estimate of drug-likeness (QED) is 0.480. The summed E-state index contributed by atoms with van der Waals surface area (Å²) >= 11 is 1.41. The SMILES string of the molecule is CCn1c(-c2ccc3c(c2)OCCO3)cnc1SCC(=O)N(C)C(C)c1ccc(F)cc1. The van der Waals surface area contributed by atoms with Gasteiger partial charge in [0.25, 0.3) is 0 Å². The molecular formula is C24H26FN3O3S. The van der Waals surface area contributed by atoms with Crippen LogP contribution >= 0.6 is 11.8 Å². The van der Waals surface area contributed by atoms with Crippen molar-refractivity contribution in [1.82, 2.24) is 14.5 Å². The minimum Gasteiger partial charge on any atom is -0.486 e. The number of imidazole rings is 1. The predicted octanol–water partition coefficient (Wildman–Crippen LogP) is 4.79. The van der Waals surface area contributed by atoms with E-state index >= 15 is 0 Å². The molecule has 1 aliphatic rings. The molecule has 0 radical (unpaired) electrons. The summed E-state index contributed by atoms with van der Waals surface area (Å²) < 4.78 is 26.6. The number of hydrogen-bond acceptors (Lipinski definition) is 5. The number of rotatable bonds is 7. The summed E-state index contributed by atoms with van der Waals surface area (Å²) in [6, 6.07) is 12.0. The van der Waals surface area contributed by atoms with Crippen molar-refractivity contribution < 1.29 is 18.7 Å². The zero-order chi connectivity index (χ0) is 22.7. The lowest BCUT2D eigenvalue weighted by molar-refractivity contribution is -0.128. The Hall–Kier alpha value is -3.00. The Morgan fingerprint density at radius 3 is 2.62 bits per heavy atom. The van der Waals surface area contributed by atoms with Gasteiger partial charge >= 0.3 is 0 Å². The molecule has 1 aliphatic heterocycles. The second kappa shape index (κ2) is 9.65. The molecule has 0 N–H and O–H groups in total. The van der Waals surface area contributed by atoms with Crippen LogP contribution in [0.1, 0.15) is 25.5 Å². The first-order valence-corrected chi connectivity index (χ1v) is 11.6. The molecule has 32 heavy (non-hydrogen) atoms. The number of carbonyl (C=O) groups is 1. The van der Waals surface area contributed by atoms with Gasteiger partial charge in [0.1, 0.15) is 19.0 Å². The summed E-state index contributed by atoms with van der Waals surface area (Å²) in [5.74, 6) is 1.45. The standard InChI is InChI=1S/C24H26FN3O3S/c1-4-28-20(18-7-10-21-22(13-18)31-12-11-30-21)14-26-24(28)32-15-23(29)27(3)16(2)17-5-8-19(25)9-6-17/h5-10,13-14,16H,4,11-12,15H2,1-3H3. The highest BCUT2D eigenvalue weighted by Gasteiger charge is 2.20. The number of carbonyl (C=O) groups excluding carboxylic acids is 1. The Kier molecular flexibility index (Phi) is 6.69. The molecule has 0 bridgehead atoms. The average Bonchev–Trinajstić information content (AvgIpc) is 3.24. The molecule has 2 heterocycles. The van der Waals surface area contributed by atoms with E-state index in [4.69, 9.17) is 9.47 Å². The van der Waals surface area contributed by atoms with Gasteiger partial charge in [-0.15, -0.1) is 0 Å². The van der Waals surface area contributed by atoms with Gasteiger partial charge in [0.15, 0.2) is 16.7 Å². The number of halogens is 1. The third-order valence-corrected chi connectivity index (χ3v) is 6.60. The summed E-state index contributed by atoms with van der Waals surface area (Å²) in [7, 11) is 1.77. The van der Waals surface area contributed by atoms with E-state index in [0.29, 0.717) is 13.2 Å². The van der Waals surface area contributed by atoms with E-state index in [0.717, 1.165) is 40.0 Å². The van der Waals surface area contributed by atoms with Gasteiger partial charge in [-0.1, -0.05) is 23.9 Å². The van der Waals surface area contributed by atoms with Crippen LogP contribution in [-0.2, 0) is 11.3 Å². The first-order chi connectivity index (χ1) is 15.5. The minimum atomic E-state index is -0.286. The molecular weight excluding hydrogens is 429 g/mol. The molecule has 168 valence electrons. The van der Waals surface area contributed by atoms with Crippen molar-refractivity contribution in [2.45, 2.75) is 31.6 Å². The maximum absolute atomic E-state index is 13.2. The van der Waals surface area contributed by atoms with Crippen molar-refractivity contribution in [3.63, 3.8) is 0 Å². The highest BCUT2D eigenvalue weighted by atomic mass is 32.2. The molecule has 0 saturated heterocycles. The maximum Gasteiger partial charge on any atom is 0.233 e. The van der Waals surface area contributed by atoms with Crippen LogP contribution < -0.4 is 9.47 Å². The summed E-state index contributed by atoms with van der Waals surface area (Å²) in [5, 5.41) is 0.786. The number of nitrogens with zero attached hydrogens (tertiary/aromatic N) is 3. The monoisotopic (exact) mass is 455 g/mol. The fourth-order valence-electron chi connectivity index (χ4n) is 3.62. The number of thioether (sulfide) groups is 1. The van der Waals surface area contributed by atoms with E-state index < -0.39 is 0 Å². The fraction of sp³-hybridized carbons (Fsp3) is 0.333. The van der Waals surface area contributed by atoms with E-state index in [1.807, 2.05) is 31.3 Å². The smallest absolute Gasteiger partial charge is 0.233 e. The second-order valence-corrected chi connectivity index (χ2v) is 8.49. The molecule has 1 amide bonds. The molecule has 0 spiro atoms. The number of hydrogen-bond donors (Lipinski definition) is 0. The topological polar surface area (TPSA) is 56.6 Å². The summed E-state index contributed by atoms with van der Waals surface area (Å²) in [4.78, 5) is 19.0. The van der Waals surface area contributed by atoms with Crippen LogP contribution in [0.15, 0.2) is 53.8 Å². The zero-order valence-electron chi connectivity index (χ0n) is 18.4. The third kappa shape index (κ3) is 4.60. The molecule has 0 fully saturated rings. The van der Waals surface area contributed by atoms with Gasteiger partial charge < -0.3 is 18.9 Å². The summed E-state index contributed by atoms with van der Waals surface area (Å²) in [6.07, 6.45) is 1.83. The van der Waals surface area contributed by atoms with Gasteiger partial charge in [-0.05, 0) is 49.7 Å². The minimum absolute atomic E-state index is 0.0154. The highest BCUT2D eigenvalue weighted by Crippen LogP contribution is 2.35. The Bertz CT molecular complexity index is 1100. The first-order valence-electron chi connectivity index (χ1n) is 10.6. The molecule has 4 rings (SSSR count). The van der Waals surface area contributed by atoms with Gasteiger partial charge in [-0.2, -0.15) is 0 Å². The molecule has 1 unspecified atom stereocenters. The largest absolute Gasteiger partial charge is 0.486 e. The fourth-order valence-corrected chi connectivity index (χ4v) is 4.59. The third-order valence-electron chi connectivity index (χ3n) is 5.62. The van der Waals surface area contributed by atoms with Crippen LogP contribution in [0.4, 0.5) is 4.39 Å². The molecule has 0 aliphatic carbocycles. The number of benzene rings is 2. The Morgan fingerprint density at radius 2 is 1.91 bits per heavy atom. The molecule has 0 saturated carbocycles. The number of fused-ring (bicyclic) bond motifs is 1. The molecule has 8 heteroatoms. The van der Waals surface area contributed by atoms with E-state index in [9.17, 15) is 9.18 Å². The lowest BCUT2D eigenvalue weighted by Crippen LogP contribution is -2.31. The molecule has 1 aromatic heterocycles. The number of aromatic nitrogens is 2. The second-order valence-electron chi connectivity index (χ2n) is 7.55. The van der Waals surface area contributed by atoms with Crippen LogP contribution in [-0.4, -0.2) is 46.4 Å². The highest BCUT2D eigenvalue weighted by molar-refractivity contribution is 7.99. The van der Waals surface area contributed by atoms with Crippen LogP contribution in [0.5, 0.6) is 11.5 Å². The van der Waals surface area contributed by atoms with Gasteiger partial charge in [0.2, 0.25) is 5.91 Å². The van der Waals surface area contributed by atoms with Crippen molar-refractivity contribution in [2.75, 3.05) is 26.0 Å². The van der Waals surface area contributed by atoms with Crippen LogP contribution in [0.25, 0.3) is 11.3 Å². The van der Waals surface area contributed by atoms with E-state index in [1.165, 1.54) is 23.9 Å². The Morgan fingerprint density at radius 1 is 1.19 bits per heavy atom. The lowest BCUT2D eigenvalue weighted by Gasteiger charge is -2.25.